The fourth-order valence-corrected chi connectivity index (χ4v) is 2.98. The van der Waals surface area contributed by atoms with Crippen LogP contribution in [0.1, 0.15) is 40.0 Å². The summed E-state index contributed by atoms with van der Waals surface area (Å²) in [6, 6.07) is 3.15. The molecule has 0 radical (unpaired) electrons. The van der Waals surface area contributed by atoms with Gasteiger partial charge in [-0.15, -0.1) is 0 Å². The first-order valence-electron chi connectivity index (χ1n) is 7.45. The molecule has 0 amide bonds. The van der Waals surface area contributed by atoms with Gasteiger partial charge in [0.1, 0.15) is 5.82 Å². The lowest BCUT2D eigenvalue weighted by Gasteiger charge is -2.29. The van der Waals surface area contributed by atoms with Gasteiger partial charge in [0, 0.05) is 19.2 Å². The van der Waals surface area contributed by atoms with Gasteiger partial charge in [-0.1, -0.05) is 20.8 Å². The summed E-state index contributed by atoms with van der Waals surface area (Å²) in [5.41, 5.74) is 5.88. The van der Waals surface area contributed by atoms with Gasteiger partial charge in [-0.05, 0) is 36.7 Å². The summed E-state index contributed by atoms with van der Waals surface area (Å²) >= 11 is 0. The molecule has 2 heterocycles. The van der Waals surface area contributed by atoms with Crippen molar-refractivity contribution < 1.29 is 4.92 Å². The van der Waals surface area contributed by atoms with Crippen LogP contribution in [0.25, 0.3) is 0 Å². The minimum Gasteiger partial charge on any atom is -0.378 e. The molecule has 1 aromatic rings. The lowest BCUT2D eigenvalue weighted by molar-refractivity contribution is -0.384. The third-order valence-corrected chi connectivity index (χ3v) is 4.36. The maximum Gasteiger partial charge on any atom is 0.311 e. The summed E-state index contributed by atoms with van der Waals surface area (Å²) in [5, 5.41) is 10.8. The van der Waals surface area contributed by atoms with Gasteiger partial charge in [-0.2, -0.15) is 0 Å². The molecule has 6 heteroatoms. The standard InChI is InChI=1S/C15H24N4O2/c1-15(2,3)11-5-4-9-18(10-8-11)13-7-6-12(19(20)21)14(16)17-13/h6-7,11H,4-5,8-10H2,1-3H3,(H2,16,17). The molecule has 2 rings (SSSR count). The number of rotatable bonds is 2. The summed E-state index contributed by atoms with van der Waals surface area (Å²) in [5.74, 6) is 1.43. The van der Waals surface area contributed by atoms with Gasteiger partial charge in [0.15, 0.2) is 0 Å². The van der Waals surface area contributed by atoms with E-state index < -0.39 is 4.92 Å². The highest BCUT2D eigenvalue weighted by molar-refractivity contribution is 5.58. The Morgan fingerprint density at radius 1 is 1.33 bits per heavy atom. The molecule has 1 atom stereocenters. The van der Waals surface area contributed by atoms with E-state index in [1.54, 1.807) is 6.07 Å². The average molecular weight is 292 g/mol. The van der Waals surface area contributed by atoms with Gasteiger partial charge in [0.05, 0.1) is 4.92 Å². The van der Waals surface area contributed by atoms with Crippen LogP contribution in [0.3, 0.4) is 0 Å². The fraction of sp³-hybridized carbons (Fsp3) is 0.667. The van der Waals surface area contributed by atoms with E-state index in [0.29, 0.717) is 11.3 Å². The molecule has 1 aliphatic heterocycles. The molecule has 0 aromatic carbocycles. The monoisotopic (exact) mass is 292 g/mol. The lowest BCUT2D eigenvalue weighted by Crippen LogP contribution is -2.27. The van der Waals surface area contributed by atoms with E-state index in [9.17, 15) is 10.1 Å². The third kappa shape index (κ3) is 3.62. The summed E-state index contributed by atoms with van der Waals surface area (Å²) < 4.78 is 0. The Morgan fingerprint density at radius 2 is 2.05 bits per heavy atom. The van der Waals surface area contributed by atoms with E-state index in [-0.39, 0.29) is 11.5 Å². The average Bonchev–Trinajstić information content (AvgIpc) is 2.63. The molecular weight excluding hydrogens is 268 g/mol. The maximum atomic E-state index is 10.8. The Balaban J connectivity index is 2.13. The number of pyridine rings is 1. The minimum atomic E-state index is -0.496. The summed E-state index contributed by atoms with van der Waals surface area (Å²) in [4.78, 5) is 16.7. The molecule has 21 heavy (non-hydrogen) atoms. The van der Waals surface area contributed by atoms with Gasteiger partial charge in [0.2, 0.25) is 5.82 Å². The number of hydrogen-bond acceptors (Lipinski definition) is 5. The molecule has 116 valence electrons. The molecular formula is C15H24N4O2. The van der Waals surface area contributed by atoms with Crippen molar-refractivity contribution in [3.8, 4) is 0 Å². The second kappa shape index (κ2) is 5.87. The Kier molecular flexibility index (Phi) is 4.34. The molecule has 1 fully saturated rings. The van der Waals surface area contributed by atoms with Crippen LogP contribution in [0.4, 0.5) is 17.3 Å². The van der Waals surface area contributed by atoms with Crippen LogP contribution in [0.5, 0.6) is 0 Å². The molecule has 2 N–H and O–H groups in total. The first kappa shape index (κ1) is 15.5. The zero-order valence-corrected chi connectivity index (χ0v) is 13.0. The quantitative estimate of drug-likeness (QED) is 0.668. The van der Waals surface area contributed by atoms with Crippen molar-refractivity contribution in [3.63, 3.8) is 0 Å². The van der Waals surface area contributed by atoms with Crippen molar-refractivity contribution in [1.29, 1.82) is 0 Å². The number of anilines is 2. The number of nitrogens with two attached hydrogens (primary N) is 1. The Bertz CT molecular complexity index is 525. The SMILES string of the molecule is CC(C)(C)C1CCCN(c2ccc([N+](=O)[O-])c(N)n2)CC1. The van der Waals surface area contributed by atoms with E-state index >= 15 is 0 Å². The highest BCUT2D eigenvalue weighted by atomic mass is 16.6. The first-order chi connectivity index (χ1) is 9.79. The Labute approximate surface area is 125 Å². The molecule has 0 bridgehead atoms. The largest absolute Gasteiger partial charge is 0.378 e. The lowest BCUT2D eigenvalue weighted by atomic mass is 9.77. The first-order valence-corrected chi connectivity index (χ1v) is 7.45. The van der Waals surface area contributed by atoms with Crippen molar-refractivity contribution >= 4 is 17.3 Å². The summed E-state index contributed by atoms with van der Waals surface area (Å²) in [7, 11) is 0. The van der Waals surface area contributed by atoms with Crippen LogP contribution in [0, 0.1) is 21.4 Å². The summed E-state index contributed by atoms with van der Waals surface area (Å²) in [6.45, 7) is 8.71. The summed E-state index contributed by atoms with van der Waals surface area (Å²) in [6.07, 6.45) is 3.44. The van der Waals surface area contributed by atoms with Gasteiger partial charge >= 0.3 is 5.69 Å². The van der Waals surface area contributed by atoms with E-state index in [1.807, 2.05) is 0 Å². The topological polar surface area (TPSA) is 85.3 Å². The van der Waals surface area contributed by atoms with Crippen LogP contribution in [0.15, 0.2) is 12.1 Å². The second-order valence-corrected chi connectivity index (χ2v) is 6.81. The molecule has 6 nitrogen and oxygen atoms in total. The van der Waals surface area contributed by atoms with Crippen LogP contribution in [-0.4, -0.2) is 23.0 Å². The van der Waals surface area contributed by atoms with Crippen molar-refractivity contribution in [2.24, 2.45) is 11.3 Å². The Morgan fingerprint density at radius 3 is 2.62 bits per heavy atom. The molecule has 1 unspecified atom stereocenters. The van der Waals surface area contributed by atoms with Crippen LogP contribution < -0.4 is 10.6 Å². The van der Waals surface area contributed by atoms with Gasteiger partial charge in [0.25, 0.3) is 0 Å². The van der Waals surface area contributed by atoms with Crippen LogP contribution in [0.2, 0.25) is 0 Å². The number of aromatic nitrogens is 1. The maximum absolute atomic E-state index is 10.8. The minimum absolute atomic E-state index is 0.00545. The van der Waals surface area contributed by atoms with Crippen LogP contribution in [-0.2, 0) is 0 Å². The third-order valence-electron chi connectivity index (χ3n) is 4.36. The molecule has 1 aliphatic rings. The van der Waals surface area contributed by atoms with Crippen molar-refractivity contribution in [2.45, 2.75) is 40.0 Å². The number of hydrogen-bond donors (Lipinski definition) is 1. The van der Waals surface area contributed by atoms with Gasteiger partial charge < -0.3 is 10.6 Å². The van der Waals surface area contributed by atoms with E-state index in [1.165, 1.54) is 12.5 Å². The smallest absolute Gasteiger partial charge is 0.311 e. The molecule has 1 saturated heterocycles. The normalized spacial score (nSPS) is 20.1. The Hall–Kier alpha value is -1.85. The van der Waals surface area contributed by atoms with E-state index in [4.69, 9.17) is 5.73 Å². The molecule has 0 aliphatic carbocycles. The van der Waals surface area contributed by atoms with Crippen molar-refractivity contribution in [2.75, 3.05) is 23.7 Å². The number of nitrogen functional groups attached to an aromatic ring is 1. The van der Waals surface area contributed by atoms with Gasteiger partial charge in [-0.25, -0.2) is 4.98 Å². The van der Waals surface area contributed by atoms with Crippen molar-refractivity contribution in [1.82, 2.24) is 4.98 Å². The van der Waals surface area contributed by atoms with E-state index in [2.05, 4.69) is 30.7 Å². The predicted molar refractivity (Wildman–Crippen MR) is 84.3 cm³/mol. The zero-order chi connectivity index (χ0) is 15.6. The predicted octanol–water partition coefficient (Wildman–Crippen LogP) is 3.22. The highest BCUT2D eigenvalue weighted by Gasteiger charge is 2.27. The molecule has 0 spiro atoms. The second-order valence-electron chi connectivity index (χ2n) is 6.81. The van der Waals surface area contributed by atoms with Crippen molar-refractivity contribution in [3.05, 3.63) is 22.2 Å². The van der Waals surface area contributed by atoms with E-state index in [0.717, 1.165) is 31.7 Å². The van der Waals surface area contributed by atoms with Crippen LogP contribution >= 0.6 is 0 Å². The molecule has 0 saturated carbocycles. The molecule has 1 aromatic heterocycles. The fourth-order valence-electron chi connectivity index (χ4n) is 2.98. The number of nitro groups is 1. The number of nitrogens with zero attached hydrogens (tertiary/aromatic N) is 3. The zero-order valence-electron chi connectivity index (χ0n) is 13.0. The highest BCUT2D eigenvalue weighted by Crippen LogP contribution is 2.35. The van der Waals surface area contributed by atoms with Gasteiger partial charge in [-0.3, -0.25) is 10.1 Å².